The first-order valence-electron chi connectivity index (χ1n) is 4.96. The van der Waals surface area contributed by atoms with Gasteiger partial charge < -0.3 is 5.11 Å². The molecule has 0 saturated heterocycles. The Hall–Kier alpha value is -1.38. The lowest BCUT2D eigenvalue weighted by atomic mass is 9.97. The van der Waals surface area contributed by atoms with Gasteiger partial charge in [-0.25, -0.2) is 4.39 Å². The van der Waals surface area contributed by atoms with Gasteiger partial charge in [-0.05, 0) is 36.5 Å². The summed E-state index contributed by atoms with van der Waals surface area (Å²) in [6, 6.07) is 4.91. The Bertz CT molecular complexity index is 361. The maximum Gasteiger partial charge on any atom is 0.303 e. The van der Waals surface area contributed by atoms with E-state index in [0.29, 0.717) is 12.0 Å². The maximum absolute atomic E-state index is 13.0. The van der Waals surface area contributed by atoms with Crippen LogP contribution in [0, 0.1) is 18.7 Å². The van der Waals surface area contributed by atoms with E-state index in [9.17, 15) is 9.18 Å². The van der Waals surface area contributed by atoms with Crippen LogP contribution in [0.4, 0.5) is 4.39 Å². The van der Waals surface area contributed by atoms with Gasteiger partial charge in [-0.2, -0.15) is 0 Å². The molecule has 0 spiro atoms. The van der Waals surface area contributed by atoms with Crippen molar-refractivity contribution in [3.63, 3.8) is 0 Å². The molecule has 1 aromatic rings. The molecule has 15 heavy (non-hydrogen) atoms. The predicted molar refractivity (Wildman–Crippen MR) is 56.3 cm³/mol. The number of carboxylic acids is 1. The van der Waals surface area contributed by atoms with Crippen LogP contribution in [0.25, 0.3) is 0 Å². The molecule has 1 unspecified atom stereocenters. The molecular weight excluding hydrogens is 195 g/mol. The molecule has 1 N–H and O–H groups in total. The van der Waals surface area contributed by atoms with Crippen molar-refractivity contribution in [2.75, 3.05) is 0 Å². The number of benzene rings is 1. The lowest BCUT2D eigenvalue weighted by Gasteiger charge is -2.09. The van der Waals surface area contributed by atoms with Crippen LogP contribution >= 0.6 is 0 Å². The quantitative estimate of drug-likeness (QED) is 0.829. The first-order chi connectivity index (χ1) is 6.99. The van der Waals surface area contributed by atoms with Crippen molar-refractivity contribution < 1.29 is 14.3 Å². The summed E-state index contributed by atoms with van der Waals surface area (Å²) in [5.74, 6) is -0.932. The van der Waals surface area contributed by atoms with Gasteiger partial charge in [-0.1, -0.05) is 19.1 Å². The summed E-state index contributed by atoms with van der Waals surface area (Å²) >= 11 is 0. The Morgan fingerprint density at radius 1 is 1.53 bits per heavy atom. The summed E-state index contributed by atoms with van der Waals surface area (Å²) in [5, 5.41) is 8.60. The van der Waals surface area contributed by atoms with Crippen molar-refractivity contribution in [2.45, 2.75) is 26.7 Å². The first-order valence-corrected chi connectivity index (χ1v) is 4.96. The molecule has 1 atom stereocenters. The molecule has 0 amide bonds. The van der Waals surface area contributed by atoms with Crippen LogP contribution in [0.5, 0.6) is 0 Å². The van der Waals surface area contributed by atoms with E-state index in [4.69, 9.17) is 5.11 Å². The molecule has 0 aliphatic carbocycles. The lowest BCUT2D eigenvalue weighted by molar-refractivity contribution is -0.137. The summed E-state index contributed by atoms with van der Waals surface area (Å²) in [6.07, 6.45) is 0.823. The number of hydrogen-bond acceptors (Lipinski definition) is 1. The van der Waals surface area contributed by atoms with E-state index in [-0.39, 0.29) is 18.2 Å². The normalized spacial score (nSPS) is 12.5. The summed E-state index contributed by atoms with van der Waals surface area (Å²) in [6.45, 7) is 3.59. The maximum atomic E-state index is 13.0. The molecule has 0 radical (unpaired) electrons. The van der Waals surface area contributed by atoms with Gasteiger partial charge in [0.2, 0.25) is 0 Å². The van der Waals surface area contributed by atoms with Gasteiger partial charge in [-0.3, -0.25) is 4.79 Å². The smallest absolute Gasteiger partial charge is 0.303 e. The highest BCUT2D eigenvalue weighted by Gasteiger charge is 2.09. The van der Waals surface area contributed by atoms with Gasteiger partial charge in [0, 0.05) is 6.42 Å². The number of halogens is 1. The molecular formula is C12H15FO2. The van der Waals surface area contributed by atoms with E-state index in [1.165, 1.54) is 6.07 Å². The molecule has 82 valence electrons. The van der Waals surface area contributed by atoms with Gasteiger partial charge in [0.1, 0.15) is 5.82 Å². The van der Waals surface area contributed by atoms with Crippen LogP contribution in [-0.2, 0) is 11.2 Å². The molecule has 0 saturated carbocycles. The first kappa shape index (κ1) is 11.7. The van der Waals surface area contributed by atoms with E-state index in [1.807, 2.05) is 6.92 Å². The highest BCUT2D eigenvalue weighted by atomic mass is 19.1. The largest absolute Gasteiger partial charge is 0.481 e. The van der Waals surface area contributed by atoms with E-state index >= 15 is 0 Å². The third kappa shape index (κ3) is 3.70. The topological polar surface area (TPSA) is 37.3 Å². The highest BCUT2D eigenvalue weighted by Crippen LogP contribution is 2.15. The van der Waals surface area contributed by atoms with Crippen molar-refractivity contribution in [3.05, 3.63) is 35.1 Å². The number of carbonyl (C=O) groups is 1. The Kier molecular flexibility index (Phi) is 3.83. The second-order valence-electron chi connectivity index (χ2n) is 3.99. The molecule has 0 aromatic heterocycles. The molecule has 2 nitrogen and oxygen atoms in total. The minimum absolute atomic E-state index is 0.0763. The molecule has 0 heterocycles. The number of aliphatic carboxylic acids is 1. The zero-order chi connectivity index (χ0) is 11.4. The van der Waals surface area contributed by atoms with Crippen molar-refractivity contribution in [3.8, 4) is 0 Å². The fraction of sp³-hybridized carbons (Fsp3) is 0.417. The standard InChI is InChI=1S/C12H15FO2/c1-8(6-12(14)15)5-10-3-4-11(13)9(2)7-10/h3-4,7-8H,5-6H2,1-2H3,(H,14,15). The number of carboxylic acid groups (broad SMARTS) is 1. The molecule has 1 aromatic carbocycles. The van der Waals surface area contributed by atoms with Crippen LogP contribution in [0.2, 0.25) is 0 Å². The Morgan fingerprint density at radius 3 is 2.73 bits per heavy atom. The van der Waals surface area contributed by atoms with Crippen LogP contribution in [-0.4, -0.2) is 11.1 Å². The number of rotatable bonds is 4. The monoisotopic (exact) mass is 210 g/mol. The van der Waals surface area contributed by atoms with Crippen molar-refractivity contribution in [1.82, 2.24) is 0 Å². The summed E-state index contributed by atoms with van der Waals surface area (Å²) in [4.78, 5) is 10.5. The SMILES string of the molecule is Cc1cc(CC(C)CC(=O)O)ccc1F. The van der Waals surface area contributed by atoms with Crippen molar-refractivity contribution in [1.29, 1.82) is 0 Å². The van der Waals surface area contributed by atoms with Crippen LogP contribution in [0.1, 0.15) is 24.5 Å². The van der Waals surface area contributed by atoms with E-state index in [1.54, 1.807) is 19.1 Å². The van der Waals surface area contributed by atoms with Crippen LogP contribution < -0.4 is 0 Å². The third-order valence-electron chi connectivity index (χ3n) is 2.33. The molecule has 0 fully saturated rings. The predicted octanol–water partition coefficient (Wildman–Crippen LogP) is 2.79. The second kappa shape index (κ2) is 4.91. The van der Waals surface area contributed by atoms with Crippen LogP contribution in [0.3, 0.4) is 0 Å². The van der Waals surface area contributed by atoms with Crippen molar-refractivity contribution in [2.24, 2.45) is 5.92 Å². The molecule has 3 heteroatoms. The minimum Gasteiger partial charge on any atom is -0.481 e. The zero-order valence-corrected chi connectivity index (χ0v) is 8.96. The van der Waals surface area contributed by atoms with E-state index in [2.05, 4.69) is 0 Å². The van der Waals surface area contributed by atoms with Crippen LogP contribution in [0.15, 0.2) is 18.2 Å². The number of hydrogen-bond donors (Lipinski definition) is 1. The fourth-order valence-corrected chi connectivity index (χ4v) is 1.61. The summed E-state index contributed by atoms with van der Waals surface area (Å²) in [5.41, 5.74) is 1.60. The average Bonchev–Trinajstić information content (AvgIpc) is 2.10. The summed E-state index contributed by atoms with van der Waals surface area (Å²) < 4.78 is 13.0. The lowest BCUT2D eigenvalue weighted by Crippen LogP contribution is -2.07. The van der Waals surface area contributed by atoms with Gasteiger partial charge in [-0.15, -0.1) is 0 Å². The average molecular weight is 210 g/mol. The molecule has 0 bridgehead atoms. The van der Waals surface area contributed by atoms with Crippen molar-refractivity contribution >= 4 is 5.97 Å². The number of aryl methyl sites for hydroxylation is 1. The van der Waals surface area contributed by atoms with Gasteiger partial charge in [0.25, 0.3) is 0 Å². The van der Waals surface area contributed by atoms with Gasteiger partial charge in [0.15, 0.2) is 0 Å². The van der Waals surface area contributed by atoms with E-state index in [0.717, 1.165) is 5.56 Å². The van der Waals surface area contributed by atoms with E-state index < -0.39 is 5.97 Å². The van der Waals surface area contributed by atoms with Gasteiger partial charge in [0.05, 0.1) is 0 Å². The Balaban J connectivity index is 2.64. The minimum atomic E-state index is -0.790. The third-order valence-corrected chi connectivity index (χ3v) is 2.33. The molecule has 0 aliphatic heterocycles. The molecule has 1 rings (SSSR count). The van der Waals surface area contributed by atoms with Gasteiger partial charge >= 0.3 is 5.97 Å². The highest BCUT2D eigenvalue weighted by molar-refractivity contribution is 5.67. The Morgan fingerprint density at radius 2 is 2.20 bits per heavy atom. The fourth-order valence-electron chi connectivity index (χ4n) is 1.61. The second-order valence-corrected chi connectivity index (χ2v) is 3.99. The molecule has 0 aliphatic rings. The zero-order valence-electron chi connectivity index (χ0n) is 8.96. The summed E-state index contributed by atoms with van der Waals surface area (Å²) in [7, 11) is 0. The Labute approximate surface area is 88.7 Å².